The van der Waals surface area contributed by atoms with Crippen molar-refractivity contribution in [3.8, 4) is 11.5 Å². The van der Waals surface area contributed by atoms with Crippen LogP contribution in [0.25, 0.3) is 0 Å². The number of fused-ring (bicyclic) bond motifs is 3. The summed E-state index contributed by atoms with van der Waals surface area (Å²) in [5.74, 6) is 1.55. The first-order valence-electron chi connectivity index (χ1n) is 9.73. The number of hydrogen-bond donors (Lipinski definition) is 0. The van der Waals surface area contributed by atoms with Crippen LogP contribution in [0, 0.1) is 0 Å². The number of sulfone groups is 1. The van der Waals surface area contributed by atoms with Crippen LogP contribution >= 0.6 is 0 Å². The van der Waals surface area contributed by atoms with Crippen molar-refractivity contribution in [2.45, 2.75) is 56.6 Å². The summed E-state index contributed by atoms with van der Waals surface area (Å²) in [6, 6.07) is 9.06. The minimum Gasteiger partial charge on any atom is -0.493 e. The molecule has 0 saturated heterocycles. The summed E-state index contributed by atoms with van der Waals surface area (Å²) in [5, 5.41) is 0. The van der Waals surface area contributed by atoms with Gasteiger partial charge in [-0.25, -0.2) is 8.42 Å². The highest BCUT2D eigenvalue weighted by atomic mass is 32.2. The maximum Gasteiger partial charge on any atom is 0.175 e. The molecule has 0 radical (unpaired) electrons. The van der Waals surface area contributed by atoms with Gasteiger partial charge in [0, 0.05) is 29.4 Å². The zero-order valence-electron chi connectivity index (χ0n) is 17.8. The second-order valence-electron chi connectivity index (χ2n) is 9.21. The first-order valence-corrected chi connectivity index (χ1v) is 11.6. The summed E-state index contributed by atoms with van der Waals surface area (Å²) in [6.07, 6.45) is 2.79. The number of hydrogen-bond acceptors (Lipinski definition) is 5. The molecule has 0 unspecified atom stereocenters. The van der Waals surface area contributed by atoms with Gasteiger partial charge in [-0.05, 0) is 57.9 Å². The first kappa shape index (κ1) is 20.0. The maximum absolute atomic E-state index is 11.9. The van der Waals surface area contributed by atoms with Crippen molar-refractivity contribution in [3.05, 3.63) is 52.6 Å². The van der Waals surface area contributed by atoms with Crippen molar-refractivity contribution in [3.63, 3.8) is 0 Å². The monoisotopic (exact) mass is 413 g/mol. The van der Waals surface area contributed by atoms with Gasteiger partial charge in [-0.2, -0.15) is 0 Å². The largest absolute Gasteiger partial charge is 0.493 e. The van der Waals surface area contributed by atoms with E-state index >= 15 is 0 Å². The van der Waals surface area contributed by atoms with Gasteiger partial charge in [0.25, 0.3) is 0 Å². The van der Waals surface area contributed by atoms with E-state index in [9.17, 15) is 8.42 Å². The van der Waals surface area contributed by atoms with Crippen LogP contribution in [-0.2, 0) is 22.7 Å². The Balaban J connectivity index is 1.94. The molecule has 2 aromatic carbocycles. The molecule has 0 aliphatic carbocycles. The van der Waals surface area contributed by atoms with Crippen molar-refractivity contribution in [1.29, 1.82) is 0 Å². The molecule has 0 aromatic heterocycles. The molecule has 5 nitrogen and oxygen atoms in total. The smallest absolute Gasteiger partial charge is 0.175 e. The van der Waals surface area contributed by atoms with Crippen molar-refractivity contribution in [2.24, 2.45) is 4.99 Å². The lowest BCUT2D eigenvalue weighted by Gasteiger charge is -2.31. The van der Waals surface area contributed by atoms with Crippen LogP contribution in [0.2, 0.25) is 0 Å². The minimum atomic E-state index is -3.24. The number of benzene rings is 2. The summed E-state index contributed by atoms with van der Waals surface area (Å²) >= 11 is 0. The second kappa shape index (κ2) is 6.33. The SMILES string of the molecule is COc1cc2c(c3c1OC(C)(C)C3)C(c1ccc(S(C)(=O)=O)cc1)=NC(C)(C)C2. The van der Waals surface area contributed by atoms with Crippen LogP contribution in [-0.4, -0.2) is 38.6 Å². The lowest BCUT2D eigenvalue weighted by Crippen LogP contribution is -2.30. The third kappa shape index (κ3) is 3.54. The molecule has 6 heteroatoms. The Bertz CT molecular complexity index is 1130. The molecule has 154 valence electrons. The van der Waals surface area contributed by atoms with E-state index in [2.05, 4.69) is 33.8 Å². The van der Waals surface area contributed by atoms with E-state index in [4.69, 9.17) is 14.5 Å². The molecule has 0 fully saturated rings. The average Bonchev–Trinajstić information content (AvgIpc) is 2.93. The van der Waals surface area contributed by atoms with E-state index in [1.54, 1.807) is 19.2 Å². The molecule has 0 amide bonds. The average molecular weight is 414 g/mol. The standard InChI is InChI=1S/C23H27NO4S/c1-22(2)12-15-11-18(27-5)21-17(13-23(3,4)28-21)19(15)20(24-22)14-7-9-16(10-8-14)29(6,25)26/h7-11H,12-13H2,1-6H3. The summed E-state index contributed by atoms with van der Waals surface area (Å²) in [6.45, 7) is 8.37. The number of rotatable bonds is 3. The summed E-state index contributed by atoms with van der Waals surface area (Å²) in [7, 11) is -1.57. The van der Waals surface area contributed by atoms with Gasteiger partial charge in [-0.1, -0.05) is 12.1 Å². The van der Waals surface area contributed by atoms with E-state index in [0.29, 0.717) is 4.90 Å². The molecule has 2 aliphatic rings. The van der Waals surface area contributed by atoms with Crippen LogP contribution in [0.5, 0.6) is 11.5 Å². The van der Waals surface area contributed by atoms with Crippen LogP contribution < -0.4 is 9.47 Å². The Hall–Kier alpha value is -2.34. The fraction of sp³-hybridized carbons (Fsp3) is 0.435. The van der Waals surface area contributed by atoms with Crippen LogP contribution in [0.4, 0.5) is 0 Å². The fourth-order valence-electron chi connectivity index (χ4n) is 4.29. The Morgan fingerprint density at radius 3 is 2.31 bits per heavy atom. The Morgan fingerprint density at radius 2 is 1.72 bits per heavy atom. The number of nitrogens with zero attached hydrogens (tertiary/aromatic N) is 1. The van der Waals surface area contributed by atoms with Gasteiger partial charge in [-0.3, -0.25) is 4.99 Å². The molecule has 29 heavy (non-hydrogen) atoms. The topological polar surface area (TPSA) is 65.0 Å². The quantitative estimate of drug-likeness (QED) is 0.763. The third-order valence-corrected chi connectivity index (χ3v) is 6.59. The Labute approximate surface area is 172 Å². The van der Waals surface area contributed by atoms with E-state index in [1.807, 2.05) is 12.1 Å². The van der Waals surface area contributed by atoms with E-state index < -0.39 is 9.84 Å². The number of methoxy groups -OCH3 is 1. The lowest BCUT2D eigenvalue weighted by atomic mass is 9.81. The highest BCUT2D eigenvalue weighted by Crippen LogP contribution is 2.47. The Morgan fingerprint density at radius 1 is 1.07 bits per heavy atom. The molecule has 0 atom stereocenters. The fourth-order valence-corrected chi connectivity index (χ4v) is 4.92. The van der Waals surface area contributed by atoms with Gasteiger partial charge in [0.05, 0.1) is 23.3 Å². The maximum atomic E-state index is 11.9. The number of aliphatic imine (C=N–C) groups is 1. The van der Waals surface area contributed by atoms with Crippen molar-refractivity contribution >= 4 is 15.5 Å². The summed E-state index contributed by atoms with van der Waals surface area (Å²) in [5.41, 5.74) is 4.60. The van der Waals surface area contributed by atoms with Gasteiger partial charge in [0.1, 0.15) is 5.60 Å². The van der Waals surface area contributed by atoms with Crippen molar-refractivity contribution in [2.75, 3.05) is 13.4 Å². The molecular weight excluding hydrogens is 386 g/mol. The molecule has 0 spiro atoms. The van der Waals surface area contributed by atoms with Crippen molar-refractivity contribution < 1.29 is 17.9 Å². The minimum absolute atomic E-state index is 0.272. The van der Waals surface area contributed by atoms with E-state index in [-0.39, 0.29) is 11.1 Å². The summed E-state index contributed by atoms with van der Waals surface area (Å²) < 4.78 is 35.6. The molecule has 0 bridgehead atoms. The zero-order chi connectivity index (χ0) is 21.2. The second-order valence-corrected chi connectivity index (χ2v) is 11.2. The van der Waals surface area contributed by atoms with Gasteiger partial charge in [0.15, 0.2) is 21.3 Å². The van der Waals surface area contributed by atoms with E-state index in [1.165, 1.54) is 11.8 Å². The molecule has 2 aromatic rings. The molecule has 4 rings (SSSR count). The van der Waals surface area contributed by atoms with Crippen molar-refractivity contribution in [1.82, 2.24) is 0 Å². The molecule has 2 heterocycles. The molecular formula is C23H27NO4S. The van der Waals surface area contributed by atoms with Crippen LogP contribution in [0.15, 0.2) is 40.2 Å². The van der Waals surface area contributed by atoms with Gasteiger partial charge in [0.2, 0.25) is 0 Å². The molecule has 2 aliphatic heterocycles. The van der Waals surface area contributed by atoms with Gasteiger partial charge >= 0.3 is 0 Å². The lowest BCUT2D eigenvalue weighted by molar-refractivity contribution is 0.134. The Kier molecular flexibility index (Phi) is 4.35. The zero-order valence-corrected chi connectivity index (χ0v) is 18.6. The first-order chi connectivity index (χ1) is 13.4. The molecule has 0 N–H and O–H groups in total. The highest BCUT2D eigenvalue weighted by molar-refractivity contribution is 7.90. The van der Waals surface area contributed by atoms with E-state index in [0.717, 1.165) is 46.7 Å². The third-order valence-electron chi connectivity index (χ3n) is 5.46. The van der Waals surface area contributed by atoms with Gasteiger partial charge in [-0.15, -0.1) is 0 Å². The highest BCUT2D eigenvalue weighted by Gasteiger charge is 2.39. The molecule has 0 saturated carbocycles. The normalized spacial score (nSPS) is 19.0. The van der Waals surface area contributed by atoms with Crippen LogP contribution in [0.1, 0.15) is 49.9 Å². The number of ether oxygens (including phenoxy) is 2. The van der Waals surface area contributed by atoms with Gasteiger partial charge < -0.3 is 9.47 Å². The van der Waals surface area contributed by atoms with Crippen LogP contribution in [0.3, 0.4) is 0 Å². The predicted molar refractivity (Wildman–Crippen MR) is 114 cm³/mol. The summed E-state index contributed by atoms with van der Waals surface area (Å²) in [4.78, 5) is 5.38. The predicted octanol–water partition coefficient (Wildman–Crippen LogP) is 3.98.